The maximum absolute atomic E-state index is 13.1. The van der Waals surface area contributed by atoms with Crippen molar-refractivity contribution in [2.45, 2.75) is 125 Å². The van der Waals surface area contributed by atoms with Crippen molar-refractivity contribution >= 4 is 47.4 Å². The second-order valence-electron chi connectivity index (χ2n) is 23.6. The van der Waals surface area contributed by atoms with Crippen molar-refractivity contribution in [1.29, 1.82) is 0 Å². The zero-order chi connectivity index (χ0) is 71.0. The molecule has 0 spiro atoms. The Hall–Kier alpha value is -10.3. The Labute approximate surface area is 565 Å². The van der Waals surface area contributed by atoms with Gasteiger partial charge in [0.15, 0.2) is 0 Å². The average molecular weight is 1370 g/mol. The zero-order valence-corrected chi connectivity index (χ0v) is 53.6. The average Bonchev–Trinajstić information content (AvgIpc) is 0.972. The number of hydrogen-bond donors (Lipinski definition) is 14. The van der Waals surface area contributed by atoms with Gasteiger partial charge in [-0.15, -0.1) is 10.2 Å². The first-order valence-corrected chi connectivity index (χ1v) is 31.5. The van der Waals surface area contributed by atoms with Crippen LogP contribution in [0.1, 0.15) is 79.5 Å². The number of carbonyl (C=O) groups is 8. The van der Waals surface area contributed by atoms with E-state index in [1.165, 1.54) is 46.0 Å². The number of nitrogens with one attached hydrogen (secondary N) is 6. The first-order chi connectivity index (χ1) is 47.4. The lowest BCUT2D eigenvalue weighted by molar-refractivity contribution is -0.314. The molecule has 2 aliphatic rings. The SMILES string of the molecule is CC(=O)N[C@@H]1[C@@H](O)C[C@](OCCc2cn(CCNC(=O)c3ccc(C(=O)NCCn4cc(CO[C@]5(C(=O)O)C[C@H](O)[C@@H](NC(C)=O)[C@H](C(O)[C@H](O)CNC(=O)c6ccc(-c7ccccc7)cc6)O5)nn4)cc3)nn2)(C(=O)O)O[C@H]1C(O)[C@H](O)CNC(=O)c1ccc(-c2ccccc2)cc1. The molecule has 32 heteroatoms. The molecule has 2 unspecified atom stereocenters. The van der Waals surface area contributed by atoms with Crippen LogP contribution in [0.3, 0.4) is 0 Å². The molecular weight excluding hydrogens is 1290 g/mol. The van der Waals surface area contributed by atoms with Crippen LogP contribution in [-0.2, 0) is 64.2 Å². The fraction of sp³-hybridized carbons (Fsp3) is 0.373. The molecule has 9 rings (SSSR count). The highest BCUT2D eigenvalue weighted by Crippen LogP contribution is 2.36. The van der Waals surface area contributed by atoms with E-state index in [1.807, 2.05) is 60.7 Å². The van der Waals surface area contributed by atoms with Gasteiger partial charge >= 0.3 is 11.9 Å². The van der Waals surface area contributed by atoms with Crippen LogP contribution in [0.15, 0.2) is 146 Å². The van der Waals surface area contributed by atoms with E-state index in [1.54, 1.807) is 48.5 Å². The molecule has 5 aromatic carbocycles. The fourth-order valence-electron chi connectivity index (χ4n) is 11.2. The molecule has 6 amide bonds. The van der Waals surface area contributed by atoms with Gasteiger partial charge in [-0.25, -0.2) is 9.59 Å². The second-order valence-corrected chi connectivity index (χ2v) is 23.6. The van der Waals surface area contributed by atoms with Crippen LogP contribution in [0.25, 0.3) is 22.3 Å². The standard InChI is InChI=1S/C67H76N12O20/c1-38(80)72-54-50(82)31-66(64(92)93,98-58(54)56(86)52(84)33-70-62(90)46-17-13-42(14-18-46)40-9-5-3-6-10-40)96-30-25-48-35-78(76-74-48)28-26-68-60(88)44-21-23-45(24-22-44)61(89)69-27-29-79-36-49(75-77-79)37-97-67(65(94)95)32-51(83)55(73-39(2)81)59(99-67)57(87)53(85)34-71-63(91)47-19-15-43(16-20-47)41-11-7-4-8-12-41/h3-24,35-36,50-59,82-87H,25-34,37H2,1-2H3,(H,68,88)(H,69,89)(H,70,90)(H,71,91)(H,72,80)(H,73,81)(H,92,93)(H,94,95)/t50-,51-,52+,53+,54+,55+,56?,57?,58+,59+,66+,67+/m0/s1. The lowest BCUT2D eigenvalue weighted by Crippen LogP contribution is -2.68. The van der Waals surface area contributed by atoms with E-state index in [4.69, 9.17) is 18.9 Å². The van der Waals surface area contributed by atoms with Gasteiger partial charge in [-0.2, -0.15) is 0 Å². The lowest BCUT2D eigenvalue weighted by Gasteiger charge is -2.46. The number of carboxylic acid groups (broad SMARTS) is 2. The molecule has 2 saturated heterocycles. The van der Waals surface area contributed by atoms with Gasteiger partial charge in [-0.05, 0) is 70.8 Å². The van der Waals surface area contributed by atoms with Gasteiger partial charge in [0.25, 0.3) is 35.2 Å². The van der Waals surface area contributed by atoms with Crippen LogP contribution in [0.4, 0.5) is 0 Å². The van der Waals surface area contributed by atoms with Crippen LogP contribution in [0, 0.1) is 0 Å². The molecule has 0 saturated carbocycles. The number of nitrogens with zero attached hydrogens (tertiary/aromatic N) is 6. The van der Waals surface area contributed by atoms with E-state index < -0.39 is 152 Å². The first kappa shape index (κ1) is 73.0. The van der Waals surface area contributed by atoms with Crippen LogP contribution in [-0.4, -0.2) is 223 Å². The van der Waals surface area contributed by atoms with Gasteiger partial charge in [0.05, 0.1) is 74.7 Å². The van der Waals surface area contributed by atoms with E-state index in [9.17, 15) is 79.2 Å². The van der Waals surface area contributed by atoms with E-state index >= 15 is 0 Å². The molecule has 2 aliphatic heterocycles. The van der Waals surface area contributed by atoms with Gasteiger partial charge < -0.3 is 91.7 Å². The molecule has 32 nitrogen and oxygen atoms in total. The molecule has 99 heavy (non-hydrogen) atoms. The van der Waals surface area contributed by atoms with Crippen LogP contribution < -0.4 is 31.9 Å². The summed E-state index contributed by atoms with van der Waals surface area (Å²) in [5.74, 6) is -12.1. The quantitative estimate of drug-likeness (QED) is 0.0256. The summed E-state index contributed by atoms with van der Waals surface area (Å²) < 4.78 is 25.9. The van der Waals surface area contributed by atoms with E-state index in [2.05, 4.69) is 52.5 Å². The maximum atomic E-state index is 13.1. The predicted octanol–water partition coefficient (Wildman–Crippen LogP) is -0.686. The molecule has 2 aromatic heterocycles. The summed E-state index contributed by atoms with van der Waals surface area (Å²) in [7, 11) is 0. The minimum absolute atomic E-state index is 0.0296. The van der Waals surface area contributed by atoms with Crippen molar-refractivity contribution < 1.29 is 98.2 Å². The summed E-state index contributed by atoms with van der Waals surface area (Å²) in [6, 6.07) is 35.1. The number of carboxylic acids is 2. The smallest absolute Gasteiger partial charge is 0.364 e. The number of benzene rings is 5. The summed E-state index contributed by atoms with van der Waals surface area (Å²) in [5, 5.41) is 120. The minimum atomic E-state index is -2.65. The number of rotatable bonds is 31. The molecule has 524 valence electrons. The molecule has 2 fully saturated rings. The Kier molecular flexibility index (Phi) is 24.6. The number of ether oxygens (including phenoxy) is 4. The summed E-state index contributed by atoms with van der Waals surface area (Å²) in [6.45, 7) is 0.567. The fourth-order valence-corrected chi connectivity index (χ4v) is 11.2. The molecule has 4 heterocycles. The Bertz CT molecular complexity index is 3920. The van der Waals surface area contributed by atoms with E-state index in [0.29, 0.717) is 5.69 Å². The number of aliphatic hydroxyl groups excluding tert-OH is 6. The van der Waals surface area contributed by atoms with Crippen LogP contribution in [0.2, 0.25) is 0 Å². The van der Waals surface area contributed by atoms with Crippen molar-refractivity contribution in [3.8, 4) is 22.3 Å². The molecule has 0 bridgehead atoms. The number of aliphatic carboxylic acids is 2. The van der Waals surface area contributed by atoms with Crippen molar-refractivity contribution in [2.24, 2.45) is 0 Å². The number of amides is 6. The third-order valence-electron chi connectivity index (χ3n) is 16.4. The second kappa shape index (κ2) is 33.3. The monoisotopic (exact) mass is 1370 g/mol. The topological polar surface area (TPSA) is 469 Å². The van der Waals surface area contributed by atoms with Gasteiger partial charge in [0, 0.05) is 87.7 Å². The van der Waals surface area contributed by atoms with Gasteiger partial charge in [-0.3, -0.25) is 38.1 Å². The Morgan fingerprint density at radius 2 is 0.859 bits per heavy atom. The van der Waals surface area contributed by atoms with Gasteiger partial charge in [-0.1, -0.05) is 95.4 Å². The third kappa shape index (κ3) is 18.9. The summed E-state index contributed by atoms with van der Waals surface area (Å²) >= 11 is 0. The van der Waals surface area contributed by atoms with Crippen molar-refractivity contribution in [2.75, 3.05) is 32.8 Å². The molecule has 14 N–H and O–H groups in total. The number of carbonyl (C=O) groups excluding carboxylic acids is 6. The third-order valence-corrected chi connectivity index (χ3v) is 16.4. The Balaban J connectivity index is 0.696. The highest BCUT2D eigenvalue weighted by molar-refractivity contribution is 5.98. The normalized spacial score (nSPS) is 21.7. The lowest BCUT2D eigenvalue weighted by atomic mass is 9.88. The zero-order valence-electron chi connectivity index (χ0n) is 53.6. The molecule has 0 radical (unpaired) electrons. The van der Waals surface area contributed by atoms with Crippen LogP contribution >= 0.6 is 0 Å². The van der Waals surface area contributed by atoms with Crippen molar-refractivity contribution in [3.05, 3.63) is 179 Å². The van der Waals surface area contributed by atoms with Gasteiger partial charge in [0.2, 0.25) is 11.8 Å². The largest absolute Gasteiger partial charge is 0.477 e. The highest BCUT2D eigenvalue weighted by atomic mass is 16.7. The highest BCUT2D eigenvalue weighted by Gasteiger charge is 2.57. The summed E-state index contributed by atoms with van der Waals surface area (Å²) in [6.07, 6.45) is -13.0. The summed E-state index contributed by atoms with van der Waals surface area (Å²) in [4.78, 5) is 102. The number of aliphatic hydroxyl groups is 6. The number of aromatic nitrogens is 6. The molecular formula is C67H76N12O20. The maximum Gasteiger partial charge on any atom is 0.364 e. The molecule has 0 aliphatic carbocycles. The van der Waals surface area contributed by atoms with Gasteiger partial charge in [0.1, 0.15) is 30.1 Å². The Morgan fingerprint density at radius 1 is 0.505 bits per heavy atom. The first-order valence-electron chi connectivity index (χ1n) is 31.5. The summed E-state index contributed by atoms with van der Waals surface area (Å²) in [5.41, 5.74) is 4.93. The molecule has 7 aromatic rings. The number of hydrogen-bond acceptors (Lipinski definition) is 22. The van der Waals surface area contributed by atoms with Crippen molar-refractivity contribution in [3.63, 3.8) is 0 Å². The van der Waals surface area contributed by atoms with E-state index in [-0.39, 0.29) is 67.2 Å². The van der Waals surface area contributed by atoms with E-state index in [0.717, 1.165) is 36.1 Å². The van der Waals surface area contributed by atoms with Crippen LogP contribution in [0.5, 0.6) is 0 Å². The molecule has 12 atom stereocenters. The Morgan fingerprint density at radius 3 is 1.25 bits per heavy atom. The predicted molar refractivity (Wildman–Crippen MR) is 345 cm³/mol. The van der Waals surface area contributed by atoms with Crippen molar-refractivity contribution in [1.82, 2.24) is 61.9 Å². The minimum Gasteiger partial charge on any atom is -0.477 e.